The minimum atomic E-state index is -6.22. The van der Waals surface area contributed by atoms with Crippen LogP contribution in [-0.2, 0) is 26.9 Å². The van der Waals surface area contributed by atoms with E-state index >= 15 is 0 Å². The van der Waals surface area contributed by atoms with Gasteiger partial charge in [0.1, 0.15) is 5.52 Å². The quantitative estimate of drug-likeness (QED) is 0.158. The summed E-state index contributed by atoms with van der Waals surface area (Å²) < 4.78 is 46.5. The summed E-state index contributed by atoms with van der Waals surface area (Å²) in [6, 6.07) is 28.5. The number of rotatable bonds is 10. The van der Waals surface area contributed by atoms with Crippen LogP contribution < -0.4 is 9.79 Å². The number of alkyl halides is 2. The zero-order valence-electron chi connectivity index (χ0n) is 23.0. The smallest absolute Gasteiger partial charge is 0.337 e. The molecule has 0 aliphatic carbocycles. The number of para-hydroxylation sites is 1. The van der Waals surface area contributed by atoms with Gasteiger partial charge in [0.05, 0.1) is 23.7 Å². The molecule has 0 saturated carbocycles. The number of hydrogen-bond acceptors (Lipinski definition) is 7. The van der Waals surface area contributed by atoms with Gasteiger partial charge in [-0.05, 0) is 47.4 Å². The standard InChI is InChI=1S/C32H28F2N3O5P/c1-42-30(38)25-15-19-26(20-16-25)31(21-7-10-23-8-3-2-4-9-23,37-29-12-6-5-11-28(29)35-36-37)22-24-13-17-27(18-14-24)32(33,34)43(39,40)41/h2-20H,21-22H2,1H3,(H2,39,40,41)/p-2/b10-7+/t31-/m1/s1. The summed E-state index contributed by atoms with van der Waals surface area (Å²) in [5.41, 5.74) is -2.48. The predicted octanol–water partition coefficient (Wildman–Crippen LogP) is 5.27. The van der Waals surface area contributed by atoms with Gasteiger partial charge in [0, 0.05) is 19.6 Å². The van der Waals surface area contributed by atoms with Crippen molar-refractivity contribution in [2.75, 3.05) is 7.11 Å². The Bertz CT molecular complexity index is 1800. The number of halogens is 2. The summed E-state index contributed by atoms with van der Waals surface area (Å²) in [7, 11) is -4.93. The van der Waals surface area contributed by atoms with Crippen LogP contribution >= 0.6 is 7.60 Å². The van der Waals surface area contributed by atoms with E-state index < -0.39 is 30.3 Å². The number of allylic oxidation sites excluding steroid dienone is 1. The number of nitrogens with zero attached hydrogens (tertiary/aromatic N) is 3. The molecule has 220 valence electrons. The number of carbonyl (C=O) groups excluding carboxylic acids is 1. The molecule has 11 heteroatoms. The number of carbonyl (C=O) groups is 1. The lowest BCUT2D eigenvalue weighted by atomic mass is 9.80. The fourth-order valence-corrected chi connectivity index (χ4v) is 5.53. The van der Waals surface area contributed by atoms with Crippen molar-refractivity contribution in [1.29, 1.82) is 0 Å². The van der Waals surface area contributed by atoms with Crippen LogP contribution in [0.5, 0.6) is 0 Å². The van der Waals surface area contributed by atoms with Gasteiger partial charge in [-0.2, -0.15) is 8.78 Å². The molecular formula is C32H26F2N3O5P-2. The maximum atomic E-state index is 14.3. The maximum Gasteiger partial charge on any atom is 0.337 e. The van der Waals surface area contributed by atoms with Crippen LogP contribution in [0, 0.1) is 0 Å². The average Bonchev–Trinajstić information content (AvgIpc) is 3.45. The van der Waals surface area contributed by atoms with Crippen molar-refractivity contribution in [2.45, 2.75) is 24.0 Å². The molecule has 0 unspecified atom stereocenters. The first-order valence-corrected chi connectivity index (χ1v) is 14.8. The van der Waals surface area contributed by atoms with E-state index in [1.807, 2.05) is 66.7 Å². The van der Waals surface area contributed by atoms with Crippen molar-refractivity contribution in [3.63, 3.8) is 0 Å². The molecule has 1 heterocycles. The molecule has 0 spiro atoms. The molecule has 0 saturated heterocycles. The summed E-state index contributed by atoms with van der Waals surface area (Å²) in [6.45, 7) is 0. The fourth-order valence-electron chi connectivity index (χ4n) is 5.07. The summed E-state index contributed by atoms with van der Waals surface area (Å²) in [6.07, 6.45) is 4.50. The number of benzene rings is 4. The van der Waals surface area contributed by atoms with Gasteiger partial charge in [0.2, 0.25) is 0 Å². The van der Waals surface area contributed by atoms with E-state index in [1.165, 1.54) is 19.2 Å². The molecule has 5 aromatic rings. The third kappa shape index (κ3) is 6.03. The molecule has 0 fully saturated rings. The molecule has 0 aliphatic heterocycles. The molecule has 4 aromatic carbocycles. The van der Waals surface area contributed by atoms with E-state index in [0.717, 1.165) is 28.8 Å². The van der Waals surface area contributed by atoms with Crippen molar-refractivity contribution in [3.8, 4) is 0 Å². The number of hydrogen-bond donors (Lipinski definition) is 0. The summed E-state index contributed by atoms with van der Waals surface area (Å²) in [5.74, 6) is -0.502. The topological polar surface area (TPSA) is 120 Å². The highest BCUT2D eigenvalue weighted by molar-refractivity contribution is 7.49. The van der Waals surface area contributed by atoms with Crippen LogP contribution in [0.3, 0.4) is 0 Å². The summed E-state index contributed by atoms with van der Waals surface area (Å²) in [5, 5.41) is 8.90. The predicted molar refractivity (Wildman–Crippen MR) is 154 cm³/mol. The van der Waals surface area contributed by atoms with E-state index in [9.17, 15) is 27.9 Å². The Labute approximate surface area is 246 Å². The van der Waals surface area contributed by atoms with Crippen LogP contribution in [0.4, 0.5) is 8.78 Å². The molecule has 0 N–H and O–H groups in total. The van der Waals surface area contributed by atoms with Gasteiger partial charge in [0.15, 0.2) is 0 Å². The molecule has 0 aliphatic rings. The van der Waals surface area contributed by atoms with Crippen molar-refractivity contribution in [2.24, 2.45) is 0 Å². The van der Waals surface area contributed by atoms with Crippen molar-refractivity contribution >= 4 is 30.7 Å². The third-order valence-corrected chi connectivity index (χ3v) is 8.25. The number of aromatic nitrogens is 3. The number of fused-ring (bicyclic) bond motifs is 1. The second-order valence-electron chi connectivity index (χ2n) is 10.0. The Morgan fingerprint density at radius 1 is 0.907 bits per heavy atom. The number of ether oxygens (including phenoxy) is 1. The van der Waals surface area contributed by atoms with Crippen LogP contribution in [-0.4, -0.2) is 28.1 Å². The zero-order chi connectivity index (χ0) is 30.7. The zero-order valence-corrected chi connectivity index (χ0v) is 23.9. The molecule has 8 nitrogen and oxygen atoms in total. The van der Waals surface area contributed by atoms with Crippen molar-refractivity contribution in [1.82, 2.24) is 15.0 Å². The molecule has 1 atom stereocenters. The van der Waals surface area contributed by atoms with Gasteiger partial charge in [-0.1, -0.05) is 96.2 Å². The van der Waals surface area contributed by atoms with Crippen LogP contribution in [0.1, 0.15) is 39.0 Å². The first-order chi connectivity index (χ1) is 20.5. The number of methoxy groups -OCH3 is 1. The average molecular weight is 602 g/mol. The normalized spacial score (nSPS) is 13.7. The van der Waals surface area contributed by atoms with Gasteiger partial charge < -0.3 is 19.1 Å². The third-order valence-electron chi connectivity index (χ3n) is 7.31. The molecule has 0 bridgehead atoms. The van der Waals surface area contributed by atoms with Gasteiger partial charge in [-0.3, -0.25) is 0 Å². The van der Waals surface area contributed by atoms with Crippen LogP contribution in [0.25, 0.3) is 17.1 Å². The summed E-state index contributed by atoms with van der Waals surface area (Å²) in [4.78, 5) is 34.6. The Hall–Kier alpha value is -4.50. The Morgan fingerprint density at radius 3 is 2.19 bits per heavy atom. The van der Waals surface area contributed by atoms with E-state index in [0.29, 0.717) is 23.1 Å². The fraction of sp³-hybridized carbons (Fsp3) is 0.156. The van der Waals surface area contributed by atoms with Crippen LogP contribution in [0.15, 0.2) is 109 Å². The molecular weight excluding hydrogens is 575 g/mol. The molecule has 0 radical (unpaired) electrons. The minimum Gasteiger partial charge on any atom is -0.806 e. The highest BCUT2D eigenvalue weighted by Gasteiger charge is 2.38. The maximum absolute atomic E-state index is 14.3. The van der Waals surface area contributed by atoms with Gasteiger partial charge in [-0.15, -0.1) is 5.10 Å². The highest BCUT2D eigenvalue weighted by atomic mass is 31.2. The van der Waals surface area contributed by atoms with E-state index in [1.54, 1.807) is 28.9 Å². The Balaban J connectivity index is 1.67. The summed E-state index contributed by atoms with van der Waals surface area (Å²) >= 11 is 0. The molecule has 5 rings (SSSR count). The minimum absolute atomic E-state index is 0.204. The Kier molecular flexibility index (Phi) is 8.37. The molecule has 43 heavy (non-hydrogen) atoms. The van der Waals surface area contributed by atoms with Gasteiger partial charge in [-0.25, -0.2) is 9.48 Å². The van der Waals surface area contributed by atoms with Crippen molar-refractivity contribution < 1.29 is 32.7 Å². The molecule has 1 aromatic heterocycles. The van der Waals surface area contributed by atoms with Crippen molar-refractivity contribution in [3.05, 3.63) is 137 Å². The lowest BCUT2D eigenvalue weighted by molar-refractivity contribution is -0.335. The second kappa shape index (κ2) is 12.0. The first kappa shape index (κ1) is 30.0. The van der Waals surface area contributed by atoms with E-state index in [-0.39, 0.29) is 6.42 Å². The SMILES string of the molecule is COC(=O)c1ccc([C@@](C/C=C/c2ccccc2)(Cc2ccc(C(F)(F)P(=O)([O-])[O-])cc2)n2nnc3ccccc32)cc1. The monoisotopic (exact) mass is 601 g/mol. The highest BCUT2D eigenvalue weighted by Crippen LogP contribution is 2.53. The lowest BCUT2D eigenvalue weighted by Crippen LogP contribution is -2.38. The largest absolute Gasteiger partial charge is 0.806 e. The van der Waals surface area contributed by atoms with Gasteiger partial charge in [0.25, 0.3) is 5.66 Å². The second-order valence-corrected chi connectivity index (χ2v) is 11.6. The van der Waals surface area contributed by atoms with E-state index in [4.69, 9.17) is 4.74 Å². The van der Waals surface area contributed by atoms with Gasteiger partial charge >= 0.3 is 5.97 Å². The first-order valence-electron chi connectivity index (χ1n) is 13.3. The van der Waals surface area contributed by atoms with E-state index in [2.05, 4.69) is 10.3 Å². The van der Waals surface area contributed by atoms with Crippen LogP contribution in [0.2, 0.25) is 0 Å². The molecule has 0 amide bonds. The lowest BCUT2D eigenvalue weighted by Gasteiger charge is -2.38. The number of esters is 1. The Morgan fingerprint density at radius 2 is 1.53 bits per heavy atom.